The summed E-state index contributed by atoms with van der Waals surface area (Å²) < 4.78 is 0. The number of hydrogen-bond donors (Lipinski definition) is 2. The van der Waals surface area contributed by atoms with Crippen LogP contribution in [0.1, 0.15) is 17.9 Å². The number of aromatic amines is 1. The van der Waals surface area contributed by atoms with Crippen LogP contribution in [0.3, 0.4) is 0 Å². The summed E-state index contributed by atoms with van der Waals surface area (Å²) in [4.78, 5) is 7.36. The molecular weight excluding hydrogens is 138 g/mol. The van der Waals surface area contributed by atoms with Crippen molar-refractivity contribution >= 4 is 0 Å². The number of hydrogen-bond acceptors (Lipinski definition) is 2. The second-order valence-corrected chi connectivity index (χ2v) is 2.68. The quantitative estimate of drug-likeness (QED) is 0.630. The maximum absolute atomic E-state index is 4.30. The Morgan fingerprint density at radius 2 is 2.45 bits per heavy atom. The van der Waals surface area contributed by atoms with Crippen LogP contribution in [-0.4, -0.2) is 23.6 Å². The summed E-state index contributed by atoms with van der Waals surface area (Å²) in [5.41, 5.74) is 1.16. The molecule has 0 saturated carbocycles. The van der Waals surface area contributed by atoms with Gasteiger partial charge in [-0.25, -0.2) is 4.98 Å². The number of rotatable bonds is 4. The Labute approximate surface area is 67.2 Å². The van der Waals surface area contributed by atoms with Crippen LogP contribution in [0.4, 0.5) is 0 Å². The molecule has 0 unspecified atom stereocenters. The summed E-state index contributed by atoms with van der Waals surface area (Å²) in [6.07, 6.45) is 4.19. The van der Waals surface area contributed by atoms with Gasteiger partial charge in [-0.05, 0) is 33.4 Å². The molecular formula is C8H15N3. The smallest absolute Gasteiger partial charge is 0.103 e. The van der Waals surface area contributed by atoms with Crippen molar-refractivity contribution in [1.82, 2.24) is 15.3 Å². The van der Waals surface area contributed by atoms with Gasteiger partial charge in [-0.1, -0.05) is 0 Å². The lowest BCUT2D eigenvalue weighted by atomic mass is 10.2. The summed E-state index contributed by atoms with van der Waals surface area (Å²) in [6, 6.07) is 0. The predicted molar refractivity (Wildman–Crippen MR) is 45.6 cm³/mol. The Morgan fingerprint density at radius 3 is 3.00 bits per heavy atom. The van der Waals surface area contributed by atoms with Crippen LogP contribution in [0.2, 0.25) is 0 Å². The number of imidazole rings is 1. The van der Waals surface area contributed by atoms with Gasteiger partial charge in [0, 0.05) is 6.20 Å². The van der Waals surface area contributed by atoms with Crippen molar-refractivity contribution in [3.63, 3.8) is 0 Å². The zero-order valence-corrected chi connectivity index (χ0v) is 7.15. The molecule has 3 nitrogen and oxygen atoms in total. The van der Waals surface area contributed by atoms with Crippen LogP contribution < -0.4 is 5.32 Å². The van der Waals surface area contributed by atoms with Gasteiger partial charge in [-0.15, -0.1) is 0 Å². The zero-order valence-electron chi connectivity index (χ0n) is 7.15. The standard InChI is InChI=1S/C8H15N3/c1-7-10-6-8(11-7)4-3-5-9-2/h6,9H,3-5H2,1-2H3,(H,10,11). The summed E-state index contributed by atoms with van der Waals surface area (Å²) in [6.45, 7) is 3.04. The minimum atomic E-state index is 1.00. The topological polar surface area (TPSA) is 40.7 Å². The Morgan fingerprint density at radius 1 is 1.64 bits per heavy atom. The van der Waals surface area contributed by atoms with Crippen molar-refractivity contribution in [2.45, 2.75) is 19.8 Å². The second kappa shape index (κ2) is 4.13. The van der Waals surface area contributed by atoms with Gasteiger partial charge >= 0.3 is 0 Å². The molecule has 1 rings (SSSR count). The highest BCUT2D eigenvalue weighted by atomic mass is 14.9. The third-order valence-electron chi connectivity index (χ3n) is 1.62. The lowest BCUT2D eigenvalue weighted by Gasteiger charge is -1.94. The van der Waals surface area contributed by atoms with E-state index in [9.17, 15) is 0 Å². The highest BCUT2D eigenvalue weighted by Gasteiger charge is 1.95. The molecule has 0 aliphatic rings. The molecule has 0 aromatic carbocycles. The van der Waals surface area contributed by atoms with Crippen LogP contribution in [0.25, 0.3) is 0 Å². The molecule has 11 heavy (non-hydrogen) atoms. The fraction of sp³-hybridized carbons (Fsp3) is 0.625. The molecule has 1 aromatic heterocycles. The van der Waals surface area contributed by atoms with E-state index in [0.29, 0.717) is 0 Å². The molecule has 0 bridgehead atoms. The van der Waals surface area contributed by atoms with Crippen molar-refractivity contribution in [2.75, 3.05) is 13.6 Å². The van der Waals surface area contributed by atoms with E-state index < -0.39 is 0 Å². The van der Waals surface area contributed by atoms with Crippen LogP contribution in [0.5, 0.6) is 0 Å². The molecule has 0 aliphatic carbocycles. The molecule has 0 fully saturated rings. The first-order chi connectivity index (χ1) is 5.33. The van der Waals surface area contributed by atoms with Crippen LogP contribution in [0, 0.1) is 6.92 Å². The molecule has 3 heteroatoms. The molecule has 2 N–H and O–H groups in total. The number of H-pyrrole nitrogens is 1. The monoisotopic (exact) mass is 153 g/mol. The Kier molecular flexibility index (Phi) is 3.11. The lowest BCUT2D eigenvalue weighted by Crippen LogP contribution is -2.08. The number of nitrogens with zero attached hydrogens (tertiary/aromatic N) is 1. The largest absolute Gasteiger partial charge is 0.349 e. The Bertz CT molecular complexity index is 205. The predicted octanol–water partition coefficient (Wildman–Crippen LogP) is 0.870. The molecule has 0 aliphatic heterocycles. The Hall–Kier alpha value is -0.830. The van der Waals surface area contributed by atoms with Gasteiger partial charge in [0.1, 0.15) is 5.82 Å². The molecule has 0 atom stereocenters. The number of nitrogens with one attached hydrogen (secondary N) is 2. The summed E-state index contributed by atoms with van der Waals surface area (Å²) in [5, 5.41) is 3.11. The van der Waals surface area contributed by atoms with E-state index in [0.717, 1.165) is 30.9 Å². The van der Waals surface area contributed by atoms with Gasteiger partial charge < -0.3 is 10.3 Å². The number of aromatic nitrogens is 2. The fourth-order valence-corrected chi connectivity index (χ4v) is 1.04. The normalized spacial score (nSPS) is 10.4. The fourth-order valence-electron chi connectivity index (χ4n) is 1.04. The van der Waals surface area contributed by atoms with E-state index in [1.54, 1.807) is 0 Å². The average Bonchev–Trinajstić information content (AvgIpc) is 2.37. The highest BCUT2D eigenvalue weighted by Crippen LogP contribution is 1.98. The minimum absolute atomic E-state index is 1.00. The summed E-state index contributed by atoms with van der Waals surface area (Å²) in [5.74, 6) is 1.00. The first-order valence-electron chi connectivity index (χ1n) is 3.98. The van der Waals surface area contributed by atoms with Gasteiger partial charge in [0.05, 0.1) is 5.69 Å². The van der Waals surface area contributed by atoms with E-state index >= 15 is 0 Å². The zero-order chi connectivity index (χ0) is 8.10. The van der Waals surface area contributed by atoms with Gasteiger partial charge in [0.15, 0.2) is 0 Å². The van der Waals surface area contributed by atoms with Gasteiger partial charge in [-0.2, -0.15) is 0 Å². The lowest BCUT2D eigenvalue weighted by molar-refractivity contribution is 0.717. The molecule has 0 radical (unpaired) electrons. The van der Waals surface area contributed by atoms with Crippen LogP contribution >= 0.6 is 0 Å². The average molecular weight is 153 g/mol. The molecule has 1 heterocycles. The third-order valence-corrected chi connectivity index (χ3v) is 1.62. The van der Waals surface area contributed by atoms with Crippen molar-refractivity contribution in [1.29, 1.82) is 0 Å². The molecule has 1 aromatic rings. The van der Waals surface area contributed by atoms with Gasteiger partial charge in [0.25, 0.3) is 0 Å². The van der Waals surface area contributed by atoms with E-state index in [-0.39, 0.29) is 0 Å². The first kappa shape index (κ1) is 8.27. The van der Waals surface area contributed by atoms with Crippen molar-refractivity contribution in [3.8, 4) is 0 Å². The third kappa shape index (κ3) is 2.72. The molecule has 0 amide bonds. The molecule has 0 saturated heterocycles. The van der Waals surface area contributed by atoms with E-state index in [1.165, 1.54) is 0 Å². The molecule has 0 spiro atoms. The Balaban J connectivity index is 2.27. The second-order valence-electron chi connectivity index (χ2n) is 2.68. The van der Waals surface area contributed by atoms with E-state index in [2.05, 4.69) is 15.3 Å². The van der Waals surface area contributed by atoms with Crippen molar-refractivity contribution in [2.24, 2.45) is 0 Å². The summed E-state index contributed by atoms with van der Waals surface area (Å²) in [7, 11) is 1.97. The van der Waals surface area contributed by atoms with Crippen LogP contribution in [0.15, 0.2) is 6.20 Å². The summed E-state index contributed by atoms with van der Waals surface area (Å²) >= 11 is 0. The SMILES string of the molecule is CNCCCc1c[nH]c(C)n1. The van der Waals surface area contributed by atoms with Crippen molar-refractivity contribution < 1.29 is 0 Å². The number of aryl methyl sites for hydroxylation is 2. The highest BCUT2D eigenvalue weighted by molar-refractivity contribution is 4.99. The minimum Gasteiger partial charge on any atom is -0.349 e. The van der Waals surface area contributed by atoms with E-state index in [1.807, 2.05) is 20.2 Å². The maximum Gasteiger partial charge on any atom is 0.103 e. The molecule has 62 valence electrons. The van der Waals surface area contributed by atoms with Gasteiger partial charge in [-0.3, -0.25) is 0 Å². The van der Waals surface area contributed by atoms with Crippen LogP contribution in [-0.2, 0) is 6.42 Å². The first-order valence-corrected chi connectivity index (χ1v) is 3.98. The maximum atomic E-state index is 4.30. The van der Waals surface area contributed by atoms with E-state index in [4.69, 9.17) is 0 Å². The van der Waals surface area contributed by atoms with Crippen molar-refractivity contribution in [3.05, 3.63) is 17.7 Å². The van der Waals surface area contributed by atoms with Gasteiger partial charge in [0.2, 0.25) is 0 Å².